The zero-order chi connectivity index (χ0) is 24.4. The zero-order valence-corrected chi connectivity index (χ0v) is 20.3. The van der Waals surface area contributed by atoms with Crippen molar-refractivity contribution in [3.05, 3.63) is 118 Å². The molecule has 0 saturated carbocycles. The lowest BCUT2D eigenvalue weighted by atomic mass is 10.0. The highest BCUT2D eigenvalue weighted by molar-refractivity contribution is 8.07. The highest BCUT2D eigenvalue weighted by Crippen LogP contribution is 2.47. The van der Waals surface area contributed by atoms with Gasteiger partial charge in [0.1, 0.15) is 5.75 Å². The fraction of sp³-hybridized carbons (Fsp3) is 0.148. The molecule has 0 radical (unpaired) electrons. The standard InChI is InChI=1S/C27H23N3O3S2/c28-22-25(31)30-23(27(32)33)21(34-16-14-20-13-7-8-15-29-20)17-35(26(22)30)24(18-9-3-1-4-10-18)19-11-5-2-6-12-19/h1-16,22,24,26H,17,28H2/b16-14+/t22?,26-,35?/m1/s1. The maximum absolute atomic E-state index is 12.8. The molecule has 8 heteroatoms. The quantitative estimate of drug-likeness (QED) is 0.395. The summed E-state index contributed by atoms with van der Waals surface area (Å²) in [4.78, 5) is 31.3. The van der Waals surface area contributed by atoms with Gasteiger partial charge in [0.25, 0.3) is 5.91 Å². The van der Waals surface area contributed by atoms with E-state index in [0.717, 1.165) is 16.8 Å². The number of thioether (sulfide) groups is 1. The number of carbonyl (C=O) groups is 2. The second-order valence-corrected chi connectivity index (χ2v) is 11.4. The van der Waals surface area contributed by atoms with E-state index in [1.807, 2.05) is 66.1 Å². The molecule has 1 aromatic heterocycles. The van der Waals surface area contributed by atoms with Crippen LogP contribution in [0.4, 0.5) is 0 Å². The molecule has 3 atom stereocenters. The number of nitrogens with two attached hydrogens (primary N) is 1. The highest BCUT2D eigenvalue weighted by Gasteiger charge is 2.62. The first kappa shape index (κ1) is 23.4. The Morgan fingerprint density at radius 1 is 1.06 bits per heavy atom. The first-order valence-corrected chi connectivity index (χ1v) is 13.5. The van der Waals surface area contributed by atoms with Gasteiger partial charge in [-0.2, -0.15) is 0 Å². The Hall–Kier alpha value is -3.33. The third kappa shape index (κ3) is 4.52. The molecule has 2 N–H and O–H groups in total. The Bertz CT molecular complexity index is 1240. The average Bonchev–Trinajstić information content (AvgIpc) is 2.89. The largest absolute Gasteiger partial charge is 0.543 e. The Balaban J connectivity index is 1.57. The van der Waals surface area contributed by atoms with Gasteiger partial charge in [0, 0.05) is 28.2 Å². The number of amides is 1. The van der Waals surface area contributed by atoms with Gasteiger partial charge < -0.3 is 15.6 Å². The van der Waals surface area contributed by atoms with Gasteiger partial charge >= 0.3 is 0 Å². The van der Waals surface area contributed by atoms with E-state index in [1.54, 1.807) is 6.20 Å². The van der Waals surface area contributed by atoms with E-state index < -0.39 is 28.3 Å². The predicted molar refractivity (Wildman–Crippen MR) is 138 cm³/mol. The Morgan fingerprint density at radius 3 is 2.26 bits per heavy atom. The summed E-state index contributed by atoms with van der Waals surface area (Å²) in [6.45, 7) is 0. The molecule has 1 amide bonds. The minimum absolute atomic E-state index is 0.0391. The minimum atomic E-state index is -1.36. The van der Waals surface area contributed by atoms with Crippen molar-refractivity contribution < 1.29 is 14.7 Å². The second kappa shape index (κ2) is 10.1. The number of carboxylic acid groups (broad SMARTS) is 1. The average molecular weight is 502 g/mol. The van der Waals surface area contributed by atoms with Gasteiger partial charge in [-0.05, 0) is 23.6 Å². The number of aromatic nitrogens is 1. The monoisotopic (exact) mass is 501 g/mol. The van der Waals surface area contributed by atoms with Gasteiger partial charge in [0.15, 0.2) is 11.3 Å². The number of carbonyl (C=O) groups excluding carboxylic acids is 2. The summed E-state index contributed by atoms with van der Waals surface area (Å²) < 4.78 is 0. The third-order valence-electron chi connectivity index (χ3n) is 6.03. The Labute approximate surface area is 210 Å². The fourth-order valence-electron chi connectivity index (χ4n) is 4.47. The number of benzene rings is 2. The number of nitrogens with zero attached hydrogens (tertiary/aromatic N) is 2. The molecule has 0 spiro atoms. The van der Waals surface area contributed by atoms with Gasteiger partial charge in [-0.3, -0.25) is 14.7 Å². The topological polar surface area (TPSA) is 99.4 Å². The number of rotatable bonds is 7. The van der Waals surface area contributed by atoms with Crippen LogP contribution in [0, 0.1) is 0 Å². The van der Waals surface area contributed by atoms with Crippen LogP contribution < -0.4 is 10.8 Å². The van der Waals surface area contributed by atoms with E-state index in [-0.39, 0.29) is 16.9 Å². The van der Waals surface area contributed by atoms with E-state index in [4.69, 9.17) is 5.73 Å². The predicted octanol–water partition coefficient (Wildman–Crippen LogP) is 2.66. The van der Waals surface area contributed by atoms with E-state index in [2.05, 4.69) is 29.2 Å². The molecule has 176 valence electrons. The number of pyridine rings is 1. The van der Waals surface area contributed by atoms with E-state index >= 15 is 0 Å². The molecule has 0 aliphatic carbocycles. The van der Waals surface area contributed by atoms with Crippen molar-refractivity contribution >= 4 is 40.6 Å². The molecule has 2 unspecified atom stereocenters. The summed E-state index contributed by atoms with van der Waals surface area (Å²) in [5, 5.41) is 13.6. The first-order valence-electron chi connectivity index (χ1n) is 11.1. The van der Waals surface area contributed by atoms with Crippen molar-refractivity contribution in [1.82, 2.24) is 9.88 Å². The maximum atomic E-state index is 12.8. The van der Waals surface area contributed by atoms with Gasteiger partial charge in [-0.1, -0.05) is 78.5 Å². The summed E-state index contributed by atoms with van der Waals surface area (Å²) >= 11 is 1.29. The first-order chi connectivity index (χ1) is 17.1. The molecule has 0 bridgehead atoms. The molecule has 35 heavy (non-hydrogen) atoms. The number of carboxylic acids is 1. The maximum Gasteiger partial charge on any atom is 0.255 e. The van der Waals surface area contributed by atoms with Gasteiger partial charge in [0.05, 0.1) is 22.3 Å². The molecule has 1 saturated heterocycles. The van der Waals surface area contributed by atoms with Gasteiger partial charge in [0.2, 0.25) is 5.37 Å². The molecule has 6 nitrogen and oxygen atoms in total. The van der Waals surface area contributed by atoms with Crippen LogP contribution in [-0.2, 0) is 20.5 Å². The second-order valence-electron chi connectivity index (χ2n) is 8.17. The summed E-state index contributed by atoms with van der Waals surface area (Å²) in [5.74, 6) is -1.25. The lowest BCUT2D eigenvalue weighted by Gasteiger charge is -2.49. The lowest BCUT2D eigenvalue weighted by Crippen LogP contribution is -2.74. The summed E-state index contributed by atoms with van der Waals surface area (Å²) in [6.07, 6.45) is 3.52. The van der Waals surface area contributed by atoms with Crippen molar-refractivity contribution in [3.63, 3.8) is 0 Å². The molecular weight excluding hydrogens is 478 g/mol. The van der Waals surface area contributed by atoms with Crippen LogP contribution in [0.5, 0.6) is 0 Å². The molecule has 3 aromatic rings. The smallest absolute Gasteiger partial charge is 0.255 e. The van der Waals surface area contributed by atoms with Crippen LogP contribution in [0.1, 0.15) is 22.1 Å². The van der Waals surface area contributed by atoms with E-state index in [9.17, 15) is 14.7 Å². The van der Waals surface area contributed by atoms with E-state index in [1.165, 1.54) is 16.7 Å². The number of β-lactam (4-membered cyclic amide) rings is 1. The third-order valence-corrected chi connectivity index (χ3v) is 10.0. The van der Waals surface area contributed by atoms with Crippen LogP contribution in [-0.4, -0.2) is 38.9 Å². The fourth-order valence-corrected chi connectivity index (χ4v) is 8.86. The van der Waals surface area contributed by atoms with Crippen LogP contribution in [0.2, 0.25) is 0 Å². The summed E-state index contributed by atoms with van der Waals surface area (Å²) in [5.41, 5.74) is 9.21. The van der Waals surface area contributed by atoms with E-state index in [0.29, 0.717) is 10.7 Å². The molecule has 1 fully saturated rings. The van der Waals surface area contributed by atoms with Crippen LogP contribution >= 0.6 is 11.8 Å². The molecule has 2 aliphatic rings. The van der Waals surface area contributed by atoms with Crippen molar-refractivity contribution in [3.8, 4) is 0 Å². The van der Waals surface area contributed by atoms with Crippen molar-refractivity contribution in [2.24, 2.45) is 5.73 Å². The van der Waals surface area contributed by atoms with Crippen molar-refractivity contribution in [2.75, 3.05) is 5.75 Å². The summed E-state index contributed by atoms with van der Waals surface area (Å²) in [7, 11) is -0.478. The van der Waals surface area contributed by atoms with Crippen LogP contribution in [0.25, 0.3) is 6.08 Å². The van der Waals surface area contributed by atoms with Gasteiger partial charge in [-0.25, -0.2) is 0 Å². The Morgan fingerprint density at radius 2 is 1.69 bits per heavy atom. The summed E-state index contributed by atoms with van der Waals surface area (Å²) in [6, 6.07) is 25.1. The molecule has 3 heterocycles. The lowest BCUT2D eigenvalue weighted by molar-refractivity contribution is -0.301. The molecule has 2 aliphatic heterocycles. The van der Waals surface area contributed by atoms with Gasteiger partial charge in [-0.15, -0.1) is 0 Å². The Kier molecular flexibility index (Phi) is 6.77. The van der Waals surface area contributed by atoms with Crippen LogP contribution in [0.3, 0.4) is 0 Å². The number of hydrogen-bond donors (Lipinski definition) is 1. The normalized spacial score (nSPS) is 21.8. The van der Waals surface area contributed by atoms with Crippen molar-refractivity contribution in [2.45, 2.75) is 16.7 Å². The molecule has 2 aromatic carbocycles. The highest BCUT2D eigenvalue weighted by atomic mass is 32.2. The SMILES string of the molecule is NC1C(=O)N2C(C(=O)[O-])=C(S/C=C/c3ccccn3)C[S+](C(c3ccccc3)c3ccccc3)[C@H]12. The van der Waals surface area contributed by atoms with Crippen molar-refractivity contribution in [1.29, 1.82) is 0 Å². The number of hydrogen-bond acceptors (Lipinski definition) is 6. The number of fused-ring (bicyclic) bond motifs is 1. The number of aliphatic carboxylic acids is 1. The molecular formula is C27H23N3O3S2. The zero-order valence-electron chi connectivity index (χ0n) is 18.7. The minimum Gasteiger partial charge on any atom is -0.543 e. The van der Waals surface area contributed by atoms with Crippen LogP contribution in [0.15, 0.2) is 101 Å². The molecule has 5 rings (SSSR count).